The van der Waals surface area contributed by atoms with Crippen LogP contribution in [0.2, 0.25) is 0 Å². The highest BCUT2D eigenvalue weighted by Crippen LogP contribution is 2.04. The number of ether oxygens (including phenoxy) is 2. The lowest BCUT2D eigenvalue weighted by molar-refractivity contribution is -0.133. The van der Waals surface area contributed by atoms with Crippen LogP contribution in [0.5, 0.6) is 0 Å². The molecule has 0 saturated heterocycles. The molecule has 0 aromatic heterocycles. The molecule has 0 radical (unpaired) electrons. The van der Waals surface area contributed by atoms with Gasteiger partial charge in [-0.05, 0) is 6.92 Å². The van der Waals surface area contributed by atoms with Gasteiger partial charge in [0.1, 0.15) is 0 Å². The number of carboxylic acid groups (broad SMARTS) is 1. The van der Waals surface area contributed by atoms with E-state index in [1.165, 1.54) is 0 Å². The van der Waals surface area contributed by atoms with Gasteiger partial charge in [0.05, 0.1) is 13.2 Å². The van der Waals surface area contributed by atoms with Gasteiger partial charge in [-0.1, -0.05) is 6.58 Å². The third kappa shape index (κ3) is 5.85. The summed E-state index contributed by atoms with van der Waals surface area (Å²) in [6.45, 7) is 7.59. The van der Waals surface area contributed by atoms with E-state index in [0.717, 1.165) is 0 Å². The number of carbonyl (C=O) groups is 1. The third-order valence-electron chi connectivity index (χ3n) is 2.31. The molecule has 0 saturated carbocycles. The van der Waals surface area contributed by atoms with Gasteiger partial charge < -0.3 is 14.6 Å². The maximum Gasteiger partial charge on any atom is 0.332 e. The van der Waals surface area contributed by atoms with Gasteiger partial charge in [-0.3, -0.25) is 4.90 Å². The highest BCUT2D eigenvalue weighted by Gasteiger charge is 2.16. The first kappa shape index (κ1) is 15.1. The Hall–Kier alpha value is -0.910. The molecule has 0 bridgehead atoms. The van der Waals surface area contributed by atoms with Crippen LogP contribution in [0, 0.1) is 0 Å². The van der Waals surface area contributed by atoms with E-state index in [0.29, 0.717) is 26.3 Å². The second-order valence-electron chi connectivity index (χ2n) is 3.68. The zero-order chi connectivity index (χ0) is 12.6. The maximum absolute atomic E-state index is 10.7. The van der Waals surface area contributed by atoms with Gasteiger partial charge in [0.2, 0.25) is 0 Å². The molecule has 5 nitrogen and oxygen atoms in total. The van der Waals surface area contributed by atoms with Crippen molar-refractivity contribution >= 4 is 5.97 Å². The van der Waals surface area contributed by atoms with Crippen molar-refractivity contribution in [3.63, 3.8) is 0 Å². The van der Waals surface area contributed by atoms with Crippen LogP contribution in [0.25, 0.3) is 0 Å². The highest BCUT2D eigenvalue weighted by atomic mass is 16.5. The molecule has 0 aliphatic rings. The highest BCUT2D eigenvalue weighted by molar-refractivity contribution is 5.86. The van der Waals surface area contributed by atoms with E-state index in [9.17, 15) is 4.79 Å². The summed E-state index contributed by atoms with van der Waals surface area (Å²) in [5.41, 5.74) is 0.180. The third-order valence-corrected chi connectivity index (χ3v) is 2.31. The van der Waals surface area contributed by atoms with E-state index >= 15 is 0 Å². The van der Waals surface area contributed by atoms with E-state index < -0.39 is 5.97 Å². The summed E-state index contributed by atoms with van der Waals surface area (Å²) in [4.78, 5) is 12.7. The average Bonchev–Trinajstić information content (AvgIpc) is 2.23. The van der Waals surface area contributed by atoms with Gasteiger partial charge in [-0.2, -0.15) is 0 Å². The summed E-state index contributed by atoms with van der Waals surface area (Å²) in [6, 6.07) is 0.135. The molecule has 1 unspecified atom stereocenters. The lowest BCUT2D eigenvalue weighted by atomic mass is 10.2. The van der Waals surface area contributed by atoms with Gasteiger partial charge in [0.25, 0.3) is 0 Å². The van der Waals surface area contributed by atoms with E-state index in [2.05, 4.69) is 6.58 Å². The number of hydrogen-bond acceptors (Lipinski definition) is 4. The lowest BCUT2D eigenvalue weighted by Gasteiger charge is -2.28. The van der Waals surface area contributed by atoms with Gasteiger partial charge in [-0.15, -0.1) is 0 Å². The van der Waals surface area contributed by atoms with Crippen molar-refractivity contribution < 1.29 is 19.4 Å². The molecule has 0 amide bonds. The van der Waals surface area contributed by atoms with E-state index in [1.807, 2.05) is 11.8 Å². The molecule has 0 aliphatic carbocycles. The van der Waals surface area contributed by atoms with Crippen molar-refractivity contribution in [3.8, 4) is 0 Å². The standard InChI is InChI=1S/C11H21NO4/c1-9(11(13)14)7-12(5-6-15-3)10(2)8-16-4/h10H,1,5-8H2,2-4H3,(H,13,14). The first-order chi connectivity index (χ1) is 7.52. The number of methoxy groups -OCH3 is 2. The predicted molar refractivity (Wildman–Crippen MR) is 61.6 cm³/mol. The molecule has 1 atom stereocenters. The molecule has 1 N–H and O–H groups in total. The smallest absolute Gasteiger partial charge is 0.332 e. The molecule has 0 aromatic carbocycles. The minimum atomic E-state index is -0.966. The lowest BCUT2D eigenvalue weighted by Crippen LogP contribution is -2.40. The number of rotatable bonds is 9. The maximum atomic E-state index is 10.7. The molecule has 0 fully saturated rings. The van der Waals surface area contributed by atoms with Gasteiger partial charge in [0, 0.05) is 38.9 Å². The van der Waals surface area contributed by atoms with Crippen LogP contribution in [-0.4, -0.2) is 62.5 Å². The van der Waals surface area contributed by atoms with Crippen molar-refractivity contribution in [1.82, 2.24) is 4.90 Å². The Morgan fingerprint density at radius 2 is 2.06 bits per heavy atom. The van der Waals surface area contributed by atoms with Crippen LogP contribution in [0.15, 0.2) is 12.2 Å². The Labute approximate surface area is 96.6 Å². The Bertz CT molecular complexity index is 230. The zero-order valence-corrected chi connectivity index (χ0v) is 10.2. The Balaban J connectivity index is 4.29. The molecule has 0 heterocycles. The summed E-state index contributed by atoms with van der Waals surface area (Å²) in [5.74, 6) is -0.966. The molecule has 0 aliphatic heterocycles. The van der Waals surface area contributed by atoms with Crippen LogP contribution >= 0.6 is 0 Å². The number of aliphatic carboxylic acids is 1. The predicted octanol–water partition coefficient (Wildman–Crippen LogP) is 0.611. The number of hydrogen-bond donors (Lipinski definition) is 1. The molecular weight excluding hydrogens is 210 g/mol. The molecular formula is C11H21NO4. The number of carboxylic acids is 1. The van der Waals surface area contributed by atoms with Gasteiger partial charge in [0.15, 0.2) is 0 Å². The molecule has 0 aromatic rings. The SMILES string of the molecule is C=C(CN(CCOC)C(C)COC)C(=O)O. The Morgan fingerprint density at radius 3 is 2.50 bits per heavy atom. The molecule has 16 heavy (non-hydrogen) atoms. The van der Waals surface area contributed by atoms with Crippen LogP contribution in [-0.2, 0) is 14.3 Å². The topological polar surface area (TPSA) is 59.0 Å². The van der Waals surface area contributed by atoms with Crippen molar-refractivity contribution in [3.05, 3.63) is 12.2 Å². The fourth-order valence-corrected chi connectivity index (χ4v) is 1.32. The largest absolute Gasteiger partial charge is 0.478 e. The second kappa shape index (κ2) is 8.27. The van der Waals surface area contributed by atoms with Crippen molar-refractivity contribution in [2.24, 2.45) is 0 Å². The Kier molecular flexibility index (Phi) is 7.80. The normalized spacial score (nSPS) is 12.8. The molecule has 5 heteroatoms. The summed E-state index contributed by atoms with van der Waals surface area (Å²) < 4.78 is 10.0. The fraction of sp³-hybridized carbons (Fsp3) is 0.727. The van der Waals surface area contributed by atoms with E-state index in [4.69, 9.17) is 14.6 Å². The van der Waals surface area contributed by atoms with Crippen LogP contribution in [0.4, 0.5) is 0 Å². The number of nitrogens with zero attached hydrogens (tertiary/aromatic N) is 1. The average molecular weight is 231 g/mol. The van der Waals surface area contributed by atoms with Crippen LogP contribution in [0.1, 0.15) is 6.92 Å². The quantitative estimate of drug-likeness (QED) is 0.589. The van der Waals surface area contributed by atoms with E-state index in [-0.39, 0.29) is 11.6 Å². The second-order valence-corrected chi connectivity index (χ2v) is 3.68. The summed E-state index contributed by atoms with van der Waals surface area (Å²) in [5, 5.41) is 8.78. The van der Waals surface area contributed by atoms with Crippen molar-refractivity contribution in [1.29, 1.82) is 0 Å². The zero-order valence-electron chi connectivity index (χ0n) is 10.2. The summed E-state index contributed by atoms with van der Waals surface area (Å²) in [6.07, 6.45) is 0. The fourth-order valence-electron chi connectivity index (χ4n) is 1.32. The molecule has 94 valence electrons. The first-order valence-electron chi connectivity index (χ1n) is 5.15. The summed E-state index contributed by atoms with van der Waals surface area (Å²) >= 11 is 0. The van der Waals surface area contributed by atoms with Gasteiger partial charge >= 0.3 is 5.97 Å². The molecule has 0 rings (SSSR count). The molecule has 0 spiro atoms. The summed E-state index contributed by atoms with van der Waals surface area (Å²) in [7, 11) is 3.24. The van der Waals surface area contributed by atoms with Crippen LogP contribution < -0.4 is 0 Å². The minimum absolute atomic E-state index is 0.135. The monoisotopic (exact) mass is 231 g/mol. The van der Waals surface area contributed by atoms with E-state index in [1.54, 1.807) is 14.2 Å². The minimum Gasteiger partial charge on any atom is -0.478 e. The van der Waals surface area contributed by atoms with Gasteiger partial charge in [-0.25, -0.2) is 4.79 Å². The first-order valence-corrected chi connectivity index (χ1v) is 5.15. The Morgan fingerprint density at radius 1 is 1.44 bits per heavy atom. The van der Waals surface area contributed by atoms with Crippen molar-refractivity contribution in [2.45, 2.75) is 13.0 Å². The van der Waals surface area contributed by atoms with Crippen LogP contribution in [0.3, 0.4) is 0 Å². The van der Waals surface area contributed by atoms with Crippen molar-refractivity contribution in [2.75, 3.05) is 40.5 Å².